The summed E-state index contributed by atoms with van der Waals surface area (Å²) in [5, 5.41) is 44.8. The molecule has 0 aliphatic rings. The molecule has 16 heteroatoms. The Labute approximate surface area is 273 Å². The molecule has 0 fully saturated rings. The van der Waals surface area contributed by atoms with Crippen LogP contribution in [0.3, 0.4) is 0 Å². The van der Waals surface area contributed by atoms with E-state index in [1.807, 2.05) is 36.4 Å². The van der Waals surface area contributed by atoms with Gasteiger partial charge < -0.3 is 41.0 Å². The number of carboxylic acids is 4. The van der Waals surface area contributed by atoms with Gasteiger partial charge in [0.2, 0.25) is 11.8 Å². The first kappa shape index (κ1) is 35.1. The number of aromatic amines is 2. The summed E-state index contributed by atoms with van der Waals surface area (Å²) in [6.07, 6.45) is 3.22. The SMILES string of the molecule is O=C(O)CN(CCN(CC(=O)O)CC(=O)NC(Cc1c[nH]c2ccccc12)C(=O)O)CC(=O)NC(Cc1c[nH]c2ccccc12)C(=O)O. The number of H-pyrrole nitrogens is 2. The fourth-order valence-corrected chi connectivity index (χ4v) is 5.42. The zero-order valence-corrected chi connectivity index (χ0v) is 25.7. The van der Waals surface area contributed by atoms with Crippen LogP contribution < -0.4 is 10.6 Å². The van der Waals surface area contributed by atoms with Gasteiger partial charge in [0.25, 0.3) is 0 Å². The quantitative estimate of drug-likeness (QED) is 0.0677. The monoisotopic (exact) mass is 664 g/mol. The number of rotatable bonds is 19. The highest BCUT2D eigenvalue weighted by Crippen LogP contribution is 2.20. The lowest BCUT2D eigenvalue weighted by Gasteiger charge is -2.26. The van der Waals surface area contributed by atoms with E-state index in [0.717, 1.165) is 21.8 Å². The number of aromatic nitrogens is 2. The standard InChI is InChI=1S/C32H36N6O10/c39-27(35-25(31(45)46)11-19-13-33-23-7-3-1-5-21(19)23)15-37(17-29(41)42)9-10-38(18-30(43)44)16-28(40)36-26(32(47)48)12-20-14-34-24-8-4-2-6-22(20)24/h1-8,13-14,25-26,33-34H,9-12,15-18H2,(H,35,39)(H,36,40)(H,41,42)(H,43,44)(H,45,46)(H,47,48). The van der Waals surface area contributed by atoms with Crippen LogP contribution in [-0.4, -0.2) is 127 Å². The Morgan fingerprint density at radius 2 is 0.958 bits per heavy atom. The van der Waals surface area contributed by atoms with Gasteiger partial charge in [-0.05, 0) is 23.3 Å². The smallest absolute Gasteiger partial charge is 0.326 e. The molecule has 0 saturated heterocycles. The molecule has 2 aromatic carbocycles. The number of benzene rings is 2. The number of fused-ring (bicyclic) bond motifs is 2. The molecule has 2 atom stereocenters. The average Bonchev–Trinajstić information content (AvgIpc) is 3.62. The van der Waals surface area contributed by atoms with E-state index in [9.17, 15) is 49.2 Å². The fourth-order valence-electron chi connectivity index (χ4n) is 5.42. The second kappa shape index (κ2) is 16.2. The summed E-state index contributed by atoms with van der Waals surface area (Å²) >= 11 is 0. The molecule has 0 spiro atoms. The maximum atomic E-state index is 12.9. The molecule has 2 amide bonds. The van der Waals surface area contributed by atoms with Crippen LogP contribution in [0.15, 0.2) is 60.9 Å². The Balaban J connectivity index is 1.36. The van der Waals surface area contributed by atoms with E-state index < -0.39 is 74.0 Å². The number of para-hydroxylation sites is 2. The lowest BCUT2D eigenvalue weighted by molar-refractivity contribution is -0.143. The molecule has 0 aliphatic carbocycles. The molecule has 2 heterocycles. The van der Waals surface area contributed by atoms with E-state index in [4.69, 9.17) is 0 Å². The van der Waals surface area contributed by atoms with Crippen LogP contribution in [0, 0.1) is 0 Å². The molecular weight excluding hydrogens is 628 g/mol. The zero-order valence-electron chi connectivity index (χ0n) is 25.7. The van der Waals surface area contributed by atoms with Gasteiger partial charge in [0.05, 0.1) is 26.2 Å². The summed E-state index contributed by atoms with van der Waals surface area (Å²) in [6, 6.07) is 11.9. The van der Waals surface area contributed by atoms with Gasteiger partial charge in [0.1, 0.15) is 12.1 Å². The third kappa shape index (κ3) is 9.88. The van der Waals surface area contributed by atoms with Crippen LogP contribution in [0.5, 0.6) is 0 Å². The van der Waals surface area contributed by atoms with E-state index in [-0.39, 0.29) is 25.9 Å². The fraction of sp³-hybridized carbons (Fsp3) is 0.312. The molecule has 16 nitrogen and oxygen atoms in total. The molecule has 254 valence electrons. The highest BCUT2D eigenvalue weighted by molar-refractivity contribution is 5.89. The normalized spacial score (nSPS) is 12.6. The molecule has 2 unspecified atom stereocenters. The van der Waals surface area contributed by atoms with E-state index in [1.54, 1.807) is 24.5 Å². The first-order valence-electron chi connectivity index (χ1n) is 14.9. The average molecular weight is 665 g/mol. The van der Waals surface area contributed by atoms with E-state index in [1.165, 1.54) is 9.80 Å². The summed E-state index contributed by atoms with van der Waals surface area (Å²) in [7, 11) is 0. The Morgan fingerprint density at radius 3 is 1.31 bits per heavy atom. The van der Waals surface area contributed by atoms with Crippen molar-refractivity contribution in [2.45, 2.75) is 24.9 Å². The number of carbonyl (C=O) groups excluding carboxylic acids is 2. The largest absolute Gasteiger partial charge is 0.480 e. The first-order chi connectivity index (χ1) is 22.9. The lowest BCUT2D eigenvalue weighted by atomic mass is 10.0. The van der Waals surface area contributed by atoms with E-state index >= 15 is 0 Å². The van der Waals surface area contributed by atoms with Gasteiger partial charge in [0.15, 0.2) is 0 Å². The molecule has 0 aliphatic heterocycles. The second-order valence-corrected chi connectivity index (χ2v) is 11.3. The van der Waals surface area contributed by atoms with E-state index in [0.29, 0.717) is 11.1 Å². The topological polar surface area (TPSA) is 245 Å². The minimum absolute atomic E-state index is 0.0385. The van der Waals surface area contributed by atoms with E-state index in [2.05, 4.69) is 20.6 Å². The van der Waals surface area contributed by atoms with Gasteiger partial charge in [-0.2, -0.15) is 0 Å². The molecule has 4 rings (SSSR count). The van der Waals surface area contributed by atoms with Gasteiger partial charge in [0, 0.05) is 60.1 Å². The Morgan fingerprint density at radius 1 is 0.583 bits per heavy atom. The lowest BCUT2D eigenvalue weighted by Crippen LogP contribution is -2.50. The summed E-state index contributed by atoms with van der Waals surface area (Å²) < 4.78 is 0. The molecular formula is C32H36N6O10. The Kier molecular flexibility index (Phi) is 11.8. The first-order valence-corrected chi connectivity index (χ1v) is 14.9. The van der Waals surface area contributed by atoms with Crippen molar-refractivity contribution in [1.29, 1.82) is 0 Å². The van der Waals surface area contributed by atoms with Crippen LogP contribution in [0.4, 0.5) is 0 Å². The molecule has 0 bridgehead atoms. The van der Waals surface area contributed by atoms with Gasteiger partial charge in [-0.25, -0.2) is 9.59 Å². The predicted octanol–water partition coefficient (Wildman–Crippen LogP) is 0.346. The van der Waals surface area contributed by atoms with Crippen molar-refractivity contribution in [3.63, 3.8) is 0 Å². The third-order valence-corrected chi connectivity index (χ3v) is 7.65. The molecule has 0 radical (unpaired) electrons. The van der Waals surface area contributed by atoms with Crippen molar-refractivity contribution < 1.29 is 49.2 Å². The minimum atomic E-state index is -1.32. The van der Waals surface area contributed by atoms with Crippen molar-refractivity contribution in [3.8, 4) is 0 Å². The number of carboxylic acid groups (broad SMARTS) is 4. The van der Waals surface area contributed by atoms with Crippen molar-refractivity contribution >= 4 is 57.5 Å². The molecule has 2 aromatic heterocycles. The minimum Gasteiger partial charge on any atom is -0.480 e. The van der Waals surface area contributed by atoms with Crippen LogP contribution >= 0.6 is 0 Å². The number of nitrogens with one attached hydrogen (secondary N) is 4. The number of aliphatic carboxylic acids is 4. The van der Waals surface area contributed by atoms with Crippen molar-refractivity contribution in [3.05, 3.63) is 72.1 Å². The number of hydrogen-bond donors (Lipinski definition) is 8. The number of nitrogens with zero attached hydrogens (tertiary/aromatic N) is 2. The van der Waals surface area contributed by atoms with Gasteiger partial charge in [-0.1, -0.05) is 36.4 Å². The number of carbonyl (C=O) groups is 6. The van der Waals surface area contributed by atoms with Crippen LogP contribution in [-0.2, 0) is 41.6 Å². The summed E-state index contributed by atoms with van der Waals surface area (Å²) in [4.78, 5) is 81.3. The third-order valence-electron chi connectivity index (χ3n) is 7.65. The molecule has 8 N–H and O–H groups in total. The summed E-state index contributed by atoms with van der Waals surface area (Å²) in [6.45, 7) is -2.68. The molecule has 4 aromatic rings. The number of amides is 2. The van der Waals surface area contributed by atoms with Crippen LogP contribution in [0.25, 0.3) is 21.8 Å². The second-order valence-electron chi connectivity index (χ2n) is 11.3. The highest BCUT2D eigenvalue weighted by atomic mass is 16.4. The number of hydrogen-bond acceptors (Lipinski definition) is 8. The summed E-state index contributed by atoms with van der Waals surface area (Å²) in [5.41, 5.74) is 2.91. The molecule has 48 heavy (non-hydrogen) atoms. The highest BCUT2D eigenvalue weighted by Gasteiger charge is 2.26. The zero-order chi connectivity index (χ0) is 34.8. The van der Waals surface area contributed by atoms with Crippen molar-refractivity contribution in [2.24, 2.45) is 0 Å². The van der Waals surface area contributed by atoms with Crippen molar-refractivity contribution in [2.75, 3.05) is 39.3 Å². The Bertz CT molecular complexity index is 1670. The van der Waals surface area contributed by atoms with Crippen LogP contribution in [0.2, 0.25) is 0 Å². The van der Waals surface area contributed by atoms with Gasteiger partial charge in [-0.3, -0.25) is 29.0 Å². The van der Waals surface area contributed by atoms with Gasteiger partial charge in [-0.15, -0.1) is 0 Å². The maximum Gasteiger partial charge on any atom is 0.326 e. The van der Waals surface area contributed by atoms with Gasteiger partial charge >= 0.3 is 23.9 Å². The van der Waals surface area contributed by atoms with Crippen molar-refractivity contribution in [1.82, 2.24) is 30.4 Å². The summed E-state index contributed by atoms with van der Waals surface area (Å²) in [5.74, 6) is -6.70. The molecule has 0 saturated carbocycles. The Hall–Kier alpha value is -5.74. The maximum absolute atomic E-state index is 12.9. The predicted molar refractivity (Wildman–Crippen MR) is 171 cm³/mol. The van der Waals surface area contributed by atoms with Crippen LogP contribution in [0.1, 0.15) is 11.1 Å².